The molecule has 0 spiro atoms. The van der Waals surface area contributed by atoms with Crippen LogP contribution in [0.4, 0.5) is 0 Å². The van der Waals surface area contributed by atoms with Gasteiger partial charge in [-0.2, -0.15) is 0 Å². The average Bonchev–Trinajstić information content (AvgIpc) is 3.12. The Morgan fingerprint density at radius 2 is 1.22 bits per heavy atom. The van der Waals surface area contributed by atoms with Crippen LogP contribution in [0.2, 0.25) is 0 Å². The number of nitrogens with zero attached hydrogens (tertiary/aromatic N) is 2. The van der Waals surface area contributed by atoms with Gasteiger partial charge in [0.25, 0.3) is 0 Å². The van der Waals surface area contributed by atoms with Gasteiger partial charge in [0, 0.05) is 63.5 Å². The molecule has 0 saturated carbocycles. The first-order valence-electron chi connectivity index (χ1n) is 16.1. The molecule has 0 atom stereocenters. The molecule has 0 aromatic heterocycles. The molecular weight excluding hydrogens is 572 g/mol. The van der Waals surface area contributed by atoms with Gasteiger partial charge in [0.15, 0.2) is 0 Å². The van der Waals surface area contributed by atoms with Crippen molar-refractivity contribution >= 4 is 17.9 Å². The number of carbonyl (C=O) groups excluding carboxylic acids is 2. The fourth-order valence-electron chi connectivity index (χ4n) is 6.22. The lowest BCUT2D eigenvalue weighted by atomic mass is 9.99. The molecule has 4 aromatic rings. The van der Waals surface area contributed by atoms with Gasteiger partial charge in [-0.15, -0.1) is 0 Å². The van der Waals surface area contributed by atoms with Crippen LogP contribution in [0.15, 0.2) is 122 Å². The molecule has 234 valence electrons. The van der Waals surface area contributed by atoms with Crippen molar-refractivity contribution in [3.63, 3.8) is 0 Å². The van der Waals surface area contributed by atoms with Gasteiger partial charge >= 0.3 is 0 Å². The SMILES string of the molecule is C=CC(=O)N1CCC(Oc2cccc(-c3ccccc3/C=C/C(=O)N3CCC(Oc4ccccc4-c4ccccc4)CC3)c2)CC1. The number of hydrogen-bond donors (Lipinski definition) is 0. The van der Waals surface area contributed by atoms with Gasteiger partial charge in [-0.25, -0.2) is 0 Å². The highest BCUT2D eigenvalue weighted by Gasteiger charge is 2.24. The molecule has 0 bridgehead atoms. The zero-order valence-electron chi connectivity index (χ0n) is 26.1. The Balaban J connectivity index is 1.05. The molecule has 2 aliphatic rings. The van der Waals surface area contributed by atoms with Gasteiger partial charge in [0.1, 0.15) is 23.7 Å². The number of piperidine rings is 2. The van der Waals surface area contributed by atoms with Crippen LogP contribution in [0.1, 0.15) is 31.2 Å². The highest BCUT2D eigenvalue weighted by atomic mass is 16.5. The first kappa shape index (κ1) is 30.9. The van der Waals surface area contributed by atoms with Crippen molar-refractivity contribution in [1.29, 1.82) is 0 Å². The highest BCUT2D eigenvalue weighted by Crippen LogP contribution is 2.32. The lowest BCUT2D eigenvalue weighted by Gasteiger charge is -2.32. The zero-order chi connectivity index (χ0) is 31.7. The van der Waals surface area contributed by atoms with E-state index in [4.69, 9.17) is 9.47 Å². The number of likely N-dealkylation sites (tertiary alicyclic amines) is 2. The Hall–Kier alpha value is -5.10. The Morgan fingerprint density at radius 1 is 0.630 bits per heavy atom. The number of hydrogen-bond acceptors (Lipinski definition) is 4. The van der Waals surface area contributed by atoms with E-state index in [-0.39, 0.29) is 24.0 Å². The summed E-state index contributed by atoms with van der Waals surface area (Å²) in [4.78, 5) is 28.9. The molecule has 2 heterocycles. The lowest BCUT2D eigenvalue weighted by molar-refractivity contribution is -0.128. The van der Waals surface area contributed by atoms with Gasteiger partial charge in [-0.05, 0) is 52.6 Å². The normalized spacial score (nSPS) is 15.9. The maximum absolute atomic E-state index is 13.2. The van der Waals surface area contributed by atoms with E-state index in [2.05, 4.69) is 43.0 Å². The molecule has 0 N–H and O–H groups in total. The first-order valence-corrected chi connectivity index (χ1v) is 16.1. The van der Waals surface area contributed by atoms with E-state index in [1.807, 2.05) is 82.6 Å². The van der Waals surface area contributed by atoms with Crippen LogP contribution in [0.3, 0.4) is 0 Å². The Kier molecular flexibility index (Phi) is 9.93. The standard InChI is InChI=1S/C40H40N2O4/c1-2-39(43)41-25-21-33(22-26-41)45-35-15-10-14-32(29-35)36-16-7-6-13-31(36)19-20-40(44)42-27-23-34(24-28-42)46-38-18-9-8-17-37(38)30-11-4-3-5-12-30/h2-20,29,33-34H,1,21-28H2/b20-19+. The predicted molar refractivity (Wildman–Crippen MR) is 183 cm³/mol. The van der Waals surface area contributed by atoms with Gasteiger partial charge in [0.05, 0.1) is 0 Å². The van der Waals surface area contributed by atoms with Crippen molar-refractivity contribution in [2.24, 2.45) is 0 Å². The molecule has 6 heteroatoms. The van der Waals surface area contributed by atoms with Gasteiger partial charge in [-0.3, -0.25) is 9.59 Å². The molecule has 6 nitrogen and oxygen atoms in total. The summed E-state index contributed by atoms with van der Waals surface area (Å²) in [5.41, 5.74) is 5.25. The van der Waals surface area contributed by atoms with Crippen molar-refractivity contribution in [1.82, 2.24) is 9.80 Å². The second-order valence-electron chi connectivity index (χ2n) is 11.8. The van der Waals surface area contributed by atoms with E-state index in [9.17, 15) is 9.59 Å². The van der Waals surface area contributed by atoms with Gasteiger partial charge in [0.2, 0.25) is 11.8 Å². The maximum Gasteiger partial charge on any atom is 0.246 e. The Labute approximate surface area is 271 Å². The Morgan fingerprint density at radius 3 is 1.93 bits per heavy atom. The molecule has 46 heavy (non-hydrogen) atoms. The maximum atomic E-state index is 13.2. The van der Waals surface area contributed by atoms with Crippen LogP contribution in [0.25, 0.3) is 28.3 Å². The van der Waals surface area contributed by atoms with Gasteiger partial charge in [-0.1, -0.05) is 91.5 Å². The van der Waals surface area contributed by atoms with Crippen molar-refractivity contribution in [3.8, 4) is 33.8 Å². The van der Waals surface area contributed by atoms with E-state index in [0.717, 1.165) is 65.0 Å². The number of rotatable bonds is 9. The number of amides is 2. The number of ether oxygens (including phenoxy) is 2. The molecule has 2 saturated heterocycles. The number of carbonyl (C=O) groups is 2. The summed E-state index contributed by atoms with van der Waals surface area (Å²) in [5.74, 6) is 1.67. The van der Waals surface area contributed by atoms with Crippen LogP contribution in [-0.2, 0) is 9.59 Å². The minimum atomic E-state index is -0.0252. The summed E-state index contributed by atoms with van der Waals surface area (Å²) in [7, 11) is 0. The van der Waals surface area contributed by atoms with Crippen LogP contribution in [-0.4, -0.2) is 60.0 Å². The van der Waals surface area contributed by atoms with E-state index < -0.39 is 0 Å². The van der Waals surface area contributed by atoms with Crippen molar-refractivity contribution < 1.29 is 19.1 Å². The lowest BCUT2D eigenvalue weighted by Crippen LogP contribution is -2.41. The van der Waals surface area contributed by atoms with Crippen LogP contribution in [0.5, 0.6) is 11.5 Å². The molecule has 0 aliphatic carbocycles. The number of benzene rings is 4. The van der Waals surface area contributed by atoms with Crippen LogP contribution >= 0.6 is 0 Å². The van der Waals surface area contributed by atoms with Crippen molar-refractivity contribution in [2.45, 2.75) is 37.9 Å². The molecule has 2 fully saturated rings. The minimum Gasteiger partial charge on any atom is -0.490 e. The third-order valence-corrected chi connectivity index (χ3v) is 8.76. The molecule has 2 aliphatic heterocycles. The van der Waals surface area contributed by atoms with E-state index >= 15 is 0 Å². The fourth-order valence-corrected chi connectivity index (χ4v) is 6.22. The predicted octanol–water partition coefficient (Wildman–Crippen LogP) is 7.66. The first-order chi connectivity index (χ1) is 22.6. The monoisotopic (exact) mass is 612 g/mol. The quantitative estimate of drug-likeness (QED) is 0.182. The summed E-state index contributed by atoms with van der Waals surface area (Å²) in [5, 5.41) is 0. The highest BCUT2D eigenvalue weighted by molar-refractivity contribution is 5.93. The topological polar surface area (TPSA) is 59.1 Å². The Bertz CT molecular complexity index is 1680. The molecule has 0 radical (unpaired) electrons. The summed E-state index contributed by atoms with van der Waals surface area (Å²) in [6.45, 7) is 6.24. The largest absolute Gasteiger partial charge is 0.490 e. The fraction of sp³-hybridized carbons (Fsp3) is 0.250. The number of para-hydroxylation sites is 1. The van der Waals surface area contributed by atoms with Crippen LogP contribution < -0.4 is 9.47 Å². The second-order valence-corrected chi connectivity index (χ2v) is 11.8. The second kappa shape index (κ2) is 14.8. The molecule has 2 amide bonds. The summed E-state index contributed by atoms with van der Waals surface area (Å²) < 4.78 is 12.8. The van der Waals surface area contributed by atoms with E-state index in [0.29, 0.717) is 26.2 Å². The molecule has 0 unspecified atom stereocenters. The summed E-state index contributed by atoms with van der Waals surface area (Å²) in [6, 6.07) is 34.6. The van der Waals surface area contributed by atoms with Crippen LogP contribution in [0, 0.1) is 0 Å². The zero-order valence-corrected chi connectivity index (χ0v) is 26.1. The third kappa shape index (κ3) is 7.57. The molecule has 4 aromatic carbocycles. The molecule has 6 rings (SSSR count). The minimum absolute atomic E-state index is 0.0105. The molecular formula is C40H40N2O4. The third-order valence-electron chi connectivity index (χ3n) is 8.76. The van der Waals surface area contributed by atoms with E-state index in [1.165, 1.54) is 6.08 Å². The smallest absolute Gasteiger partial charge is 0.246 e. The summed E-state index contributed by atoms with van der Waals surface area (Å²) >= 11 is 0. The van der Waals surface area contributed by atoms with Crippen molar-refractivity contribution in [3.05, 3.63) is 127 Å². The van der Waals surface area contributed by atoms with Gasteiger partial charge < -0.3 is 19.3 Å². The summed E-state index contributed by atoms with van der Waals surface area (Å²) in [6.07, 6.45) is 8.24. The average molecular weight is 613 g/mol. The van der Waals surface area contributed by atoms with Crippen molar-refractivity contribution in [2.75, 3.05) is 26.2 Å². The van der Waals surface area contributed by atoms with E-state index in [1.54, 1.807) is 6.08 Å².